The van der Waals surface area contributed by atoms with Crippen molar-refractivity contribution in [2.45, 2.75) is 19.8 Å². The molecule has 8 heteroatoms. The van der Waals surface area contributed by atoms with Gasteiger partial charge in [0.25, 0.3) is 5.91 Å². The number of thioether (sulfide) groups is 1. The van der Waals surface area contributed by atoms with Crippen LogP contribution in [0.15, 0.2) is 63.7 Å². The lowest BCUT2D eigenvalue weighted by Crippen LogP contribution is -2.30. The third kappa shape index (κ3) is 4.58. The molecule has 2 N–H and O–H groups in total. The summed E-state index contributed by atoms with van der Waals surface area (Å²) in [6.07, 6.45) is 0. The maximum absolute atomic E-state index is 13.3. The predicted octanol–water partition coefficient (Wildman–Crippen LogP) is 4.30. The SMILES string of the molecule is COC(=O)CSC1=C(C#N)[C@@H](c2cccs2)C(C(=O)Nc2ccccc2C)=C(C)N1. The number of aryl methyl sites for hydroxylation is 1. The van der Waals surface area contributed by atoms with E-state index >= 15 is 0 Å². The largest absolute Gasteiger partial charge is 0.468 e. The molecule has 0 saturated carbocycles. The van der Waals surface area contributed by atoms with E-state index in [9.17, 15) is 14.9 Å². The molecule has 154 valence electrons. The molecule has 1 aromatic heterocycles. The van der Waals surface area contributed by atoms with Crippen LogP contribution in [0.25, 0.3) is 0 Å². The van der Waals surface area contributed by atoms with Gasteiger partial charge < -0.3 is 15.4 Å². The zero-order chi connectivity index (χ0) is 21.7. The zero-order valence-electron chi connectivity index (χ0n) is 16.8. The highest BCUT2D eigenvalue weighted by atomic mass is 32.2. The van der Waals surface area contributed by atoms with E-state index in [1.165, 1.54) is 30.2 Å². The predicted molar refractivity (Wildman–Crippen MR) is 120 cm³/mol. The molecule has 30 heavy (non-hydrogen) atoms. The van der Waals surface area contributed by atoms with Gasteiger partial charge in [0.15, 0.2) is 0 Å². The summed E-state index contributed by atoms with van der Waals surface area (Å²) in [5.74, 6) is -1.10. The van der Waals surface area contributed by atoms with Crippen LogP contribution in [0.2, 0.25) is 0 Å². The second kappa shape index (κ2) is 9.65. The van der Waals surface area contributed by atoms with Crippen LogP contribution in [0.1, 0.15) is 23.3 Å². The molecule has 3 rings (SSSR count). The second-order valence-corrected chi connectivity index (χ2v) is 8.57. The molecule has 0 fully saturated rings. The van der Waals surface area contributed by atoms with Gasteiger partial charge in [0.2, 0.25) is 0 Å². The second-order valence-electron chi connectivity index (χ2n) is 6.60. The number of hydrogen-bond acceptors (Lipinski definition) is 7. The van der Waals surface area contributed by atoms with Crippen molar-refractivity contribution in [1.82, 2.24) is 5.32 Å². The van der Waals surface area contributed by atoms with Crippen LogP contribution in [-0.4, -0.2) is 24.7 Å². The first-order valence-corrected chi connectivity index (χ1v) is 11.0. The average molecular weight is 440 g/mol. The summed E-state index contributed by atoms with van der Waals surface area (Å²) in [5, 5.41) is 18.6. The van der Waals surface area contributed by atoms with E-state index in [4.69, 9.17) is 4.74 Å². The van der Waals surface area contributed by atoms with Crippen LogP contribution < -0.4 is 10.6 Å². The number of thiophene rings is 1. The maximum atomic E-state index is 13.3. The molecule has 0 unspecified atom stereocenters. The van der Waals surface area contributed by atoms with Gasteiger partial charge in [-0.05, 0) is 36.9 Å². The van der Waals surface area contributed by atoms with E-state index in [2.05, 4.69) is 16.7 Å². The summed E-state index contributed by atoms with van der Waals surface area (Å²) in [4.78, 5) is 25.8. The summed E-state index contributed by atoms with van der Waals surface area (Å²) >= 11 is 2.68. The van der Waals surface area contributed by atoms with E-state index in [0.29, 0.717) is 21.9 Å². The molecule has 0 radical (unpaired) electrons. The van der Waals surface area contributed by atoms with Gasteiger partial charge in [0.05, 0.1) is 35.5 Å². The van der Waals surface area contributed by atoms with Gasteiger partial charge in [-0.25, -0.2) is 0 Å². The van der Waals surface area contributed by atoms with Gasteiger partial charge in [0, 0.05) is 21.8 Å². The number of nitrogens with zero attached hydrogens (tertiary/aromatic N) is 1. The smallest absolute Gasteiger partial charge is 0.316 e. The molecule has 1 aromatic carbocycles. The number of anilines is 1. The minimum atomic E-state index is -0.514. The van der Waals surface area contributed by atoms with E-state index in [0.717, 1.165) is 16.1 Å². The van der Waals surface area contributed by atoms with Crippen LogP contribution in [-0.2, 0) is 14.3 Å². The molecule has 0 spiro atoms. The first kappa shape index (κ1) is 21.7. The number of benzene rings is 1. The van der Waals surface area contributed by atoms with E-state index in [1.807, 2.05) is 48.7 Å². The third-order valence-corrected chi connectivity index (χ3v) is 6.60. The third-order valence-electron chi connectivity index (χ3n) is 4.68. The molecule has 0 saturated heterocycles. The lowest BCUT2D eigenvalue weighted by Gasteiger charge is -2.29. The van der Waals surface area contributed by atoms with Gasteiger partial charge in [-0.3, -0.25) is 9.59 Å². The number of methoxy groups -OCH3 is 1. The van der Waals surface area contributed by atoms with Crippen LogP contribution in [0, 0.1) is 18.3 Å². The number of dihydropyridines is 1. The number of para-hydroxylation sites is 1. The van der Waals surface area contributed by atoms with Gasteiger partial charge in [-0.2, -0.15) is 5.26 Å². The van der Waals surface area contributed by atoms with Crippen molar-refractivity contribution in [2.24, 2.45) is 0 Å². The Morgan fingerprint density at radius 1 is 1.27 bits per heavy atom. The van der Waals surface area contributed by atoms with Gasteiger partial charge >= 0.3 is 5.97 Å². The summed E-state index contributed by atoms with van der Waals surface area (Å²) in [6.45, 7) is 3.73. The average Bonchev–Trinajstić information content (AvgIpc) is 3.27. The normalized spacial score (nSPS) is 16.0. The molecule has 0 bridgehead atoms. The molecular formula is C22H21N3O3S2. The molecule has 1 atom stereocenters. The summed E-state index contributed by atoms with van der Waals surface area (Å²) in [5.41, 5.74) is 3.21. The fourth-order valence-corrected chi connectivity index (χ4v) is 4.93. The molecule has 1 amide bonds. The van der Waals surface area contributed by atoms with Crippen molar-refractivity contribution in [3.8, 4) is 6.07 Å². The minimum Gasteiger partial charge on any atom is -0.468 e. The molecule has 2 heterocycles. The Balaban J connectivity index is 2.00. The Morgan fingerprint density at radius 2 is 2.03 bits per heavy atom. The Hall–Kier alpha value is -3.02. The lowest BCUT2D eigenvalue weighted by molar-refractivity contribution is -0.137. The number of hydrogen-bond donors (Lipinski definition) is 2. The van der Waals surface area contributed by atoms with Crippen molar-refractivity contribution in [3.05, 3.63) is 74.1 Å². The minimum absolute atomic E-state index is 0.0686. The topological polar surface area (TPSA) is 91.2 Å². The van der Waals surface area contributed by atoms with E-state index in [-0.39, 0.29) is 17.6 Å². The molecule has 6 nitrogen and oxygen atoms in total. The van der Waals surface area contributed by atoms with Crippen LogP contribution >= 0.6 is 23.1 Å². The highest BCUT2D eigenvalue weighted by molar-refractivity contribution is 8.03. The highest BCUT2D eigenvalue weighted by Crippen LogP contribution is 2.42. The molecule has 1 aliphatic heterocycles. The van der Waals surface area contributed by atoms with Crippen molar-refractivity contribution < 1.29 is 14.3 Å². The summed E-state index contributed by atoms with van der Waals surface area (Å²) in [6, 6.07) is 13.6. The number of esters is 1. The number of carbonyl (C=O) groups is 2. The first-order chi connectivity index (χ1) is 14.5. The zero-order valence-corrected chi connectivity index (χ0v) is 18.4. The van der Waals surface area contributed by atoms with Gasteiger partial charge in [-0.1, -0.05) is 36.0 Å². The fourth-order valence-electron chi connectivity index (χ4n) is 3.16. The number of allylic oxidation sites excluding steroid dienone is 2. The quantitative estimate of drug-likeness (QED) is 0.652. The standard InChI is InChI=1S/C22H21N3O3S2/c1-13-7-4-5-8-16(13)25-21(27)19-14(2)24-22(30-12-18(26)28-3)15(11-23)20(19)17-9-6-10-29-17/h4-10,20,24H,12H2,1-3H3,(H,25,27)/t20-/m0/s1. The van der Waals surface area contributed by atoms with E-state index in [1.54, 1.807) is 6.92 Å². The Labute approximate surface area is 183 Å². The Kier molecular flexibility index (Phi) is 6.98. The highest BCUT2D eigenvalue weighted by Gasteiger charge is 2.35. The van der Waals surface area contributed by atoms with Crippen molar-refractivity contribution in [3.63, 3.8) is 0 Å². The van der Waals surface area contributed by atoms with Crippen LogP contribution in [0.3, 0.4) is 0 Å². The van der Waals surface area contributed by atoms with Gasteiger partial charge in [0.1, 0.15) is 0 Å². The number of ether oxygens (including phenoxy) is 1. The number of carbonyl (C=O) groups excluding carboxylic acids is 2. The van der Waals surface area contributed by atoms with Crippen LogP contribution in [0.4, 0.5) is 5.69 Å². The monoisotopic (exact) mass is 439 g/mol. The van der Waals surface area contributed by atoms with Crippen molar-refractivity contribution >= 4 is 40.7 Å². The molecule has 2 aromatic rings. The summed E-state index contributed by atoms with van der Waals surface area (Å²) < 4.78 is 4.71. The molecular weight excluding hydrogens is 418 g/mol. The fraction of sp³-hybridized carbons (Fsp3) is 0.227. The van der Waals surface area contributed by atoms with Crippen molar-refractivity contribution in [2.75, 3.05) is 18.2 Å². The molecule has 0 aliphatic carbocycles. The number of nitrogens with one attached hydrogen (secondary N) is 2. The van der Waals surface area contributed by atoms with Crippen LogP contribution in [0.5, 0.6) is 0 Å². The van der Waals surface area contributed by atoms with Gasteiger partial charge in [-0.15, -0.1) is 11.3 Å². The van der Waals surface area contributed by atoms with E-state index < -0.39 is 5.92 Å². The maximum Gasteiger partial charge on any atom is 0.316 e. The molecule has 1 aliphatic rings. The van der Waals surface area contributed by atoms with Crippen molar-refractivity contribution in [1.29, 1.82) is 5.26 Å². The Bertz CT molecular complexity index is 1070. The summed E-state index contributed by atoms with van der Waals surface area (Å²) in [7, 11) is 1.32. The number of rotatable bonds is 6. The number of nitriles is 1. The number of amides is 1. The first-order valence-electron chi connectivity index (χ1n) is 9.18. The lowest BCUT2D eigenvalue weighted by atomic mass is 9.86. The Morgan fingerprint density at radius 3 is 2.67 bits per heavy atom.